The summed E-state index contributed by atoms with van der Waals surface area (Å²) in [6.45, 7) is 10.1. The maximum Gasteiger partial charge on any atom is 0.184 e. The minimum absolute atomic E-state index is 0.0515. The maximum atomic E-state index is 11.3. The van der Waals surface area contributed by atoms with Gasteiger partial charge in [0.05, 0.1) is 6.10 Å². The largest absolute Gasteiger partial charge is 0.411 e. The molecular formula is C10H20O3Si. The van der Waals surface area contributed by atoms with Gasteiger partial charge in [0.1, 0.15) is 6.61 Å². The summed E-state index contributed by atoms with van der Waals surface area (Å²) in [5.74, 6) is 0.0515. The molecule has 0 rings (SSSR count). The first-order chi connectivity index (χ1) is 6.39. The van der Waals surface area contributed by atoms with Crippen LogP contribution in [0.2, 0.25) is 19.6 Å². The molecule has 0 aromatic rings. The highest BCUT2D eigenvalue weighted by Gasteiger charge is 2.20. The third-order valence-corrected chi connectivity index (χ3v) is 2.51. The molecule has 14 heavy (non-hydrogen) atoms. The first-order valence-electron chi connectivity index (χ1n) is 4.70. The predicted octanol–water partition coefficient (Wildman–Crippen LogP) is 2.00. The van der Waals surface area contributed by atoms with Gasteiger partial charge < -0.3 is 9.16 Å². The molecule has 4 heteroatoms. The van der Waals surface area contributed by atoms with Crippen molar-refractivity contribution >= 4 is 14.1 Å². The van der Waals surface area contributed by atoms with E-state index in [4.69, 9.17) is 9.16 Å². The molecule has 0 aliphatic rings. The van der Waals surface area contributed by atoms with E-state index in [0.717, 1.165) is 0 Å². The van der Waals surface area contributed by atoms with Gasteiger partial charge in [0, 0.05) is 13.5 Å². The van der Waals surface area contributed by atoms with Gasteiger partial charge in [0.2, 0.25) is 0 Å². The van der Waals surface area contributed by atoms with Crippen LogP contribution >= 0.6 is 0 Å². The molecule has 0 aromatic carbocycles. The summed E-state index contributed by atoms with van der Waals surface area (Å²) in [4.78, 5) is 11.3. The molecule has 0 bridgehead atoms. The highest BCUT2D eigenvalue weighted by atomic mass is 28.4. The number of ether oxygens (including phenoxy) is 1. The Morgan fingerprint density at radius 2 is 2.07 bits per heavy atom. The molecule has 1 atom stereocenters. The summed E-state index contributed by atoms with van der Waals surface area (Å²) in [7, 11) is -0.0813. The number of carbonyl (C=O) groups excluding carboxylic acids is 1. The van der Waals surface area contributed by atoms with Crippen LogP contribution in [-0.2, 0) is 14.0 Å². The highest BCUT2D eigenvalue weighted by molar-refractivity contribution is 6.69. The molecule has 0 aliphatic carbocycles. The Bertz CT molecular complexity index is 196. The Labute approximate surface area is 87.2 Å². The van der Waals surface area contributed by atoms with Crippen molar-refractivity contribution in [3.05, 3.63) is 12.7 Å². The number of hydrogen-bond donors (Lipinski definition) is 0. The second-order valence-corrected chi connectivity index (χ2v) is 8.64. The summed E-state index contributed by atoms with van der Waals surface area (Å²) in [5.41, 5.74) is 0. The van der Waals surface area contributed by atoms with E-state index in [1.54, 1.807) is 6.08 Å². The van der Waals surface area contributed by atoms with Crippen molar-refractivity contribution in [3.8, 4) is 0 Å². The van der Waals surface area contributed by atoms with E-state index in [1.165, 1.54) is 7.11 Å². The van der Waals surface area contributed by atoms with Gasteiger partial charge in [-0.1, -0.05) is 6.08 Å². The van der Waals surface area contributed by atoms with Crippen LogP contribution in [0.5, 0.6) is 0 Å². The second-order valence-electron chi connectivity index (χ2n) is 4.18. The SMILES string of the molecule is C=CC(CC(=O)COC)O[Si](C)(C)C. The van der Waals surface area contributed by atoms with Crippen molar-refractivity contribution in [2.24, 2.45) is 0 Å². The van der Waals surface area contributed by atoms with Crippen molar-refractivity contribution in [1.29, 1.82) is 0 Å². The Balaban J connectivity index is 4.03. The van der Waals surface area contributed by atoms with Crippen LogP contribution in [0.1, 0.15) is 6.42 Å². The lowest BCUT2D eigenvalue weighted by Crippen LogP contribution is -2.32. The van der Waals surface area contributed by atoms with Gasteiger partial charge in [0.25, 0.3) is 0 Å². The topological polar surface area (TPSA) is 35.5 Å². The number of rotatable bonds is 7. The minimum atomic E-state index is -1.60. The van der Waals surface area contributed by atoms with E-state index in [1.807, 2.05) is 0 Å². The third-order valence-electron chi connectivity index (χ3n) is 1.50. The van der Waals surface area contributed by atoms with Gasteiger partial charge in [0.15, 0.2) is 14.1 Å². The van der Waals surface area contributed by atoms with Gasteiger partial charge in [-0.05, 0) is 19.6 Å². The lowest BCUT2D eigenvalue weighted by Gasteiger charge is -2.23. The summed E-state index contributed by atoms with van der Waals surface area (Å²) in [6.07, 6.45) is 1.89. The summed E-state index contributed by atoms with van der Waals surface area (Å²) >= 11 is 0. The van der Waals surface area contributed by atoms with Crippen LogP contribution in [0, 0.1) is 0 Å². The summed E-state index contributed by atoms with van der Waals surface area (Å²) < 4.78 is 10.5. The Morgan fingerprint density at radius 3 is 2.43 bits per heavy atom. The molecule has 0 heterocycles. The monoisotopic (exact) mass is 216 g/mol. The van der Waals surface area contributed by atoms with E-state index in [0.29, 0.717) is 6.42 Å². The van der Waals surface area contributed by atoms with Crippen molar-refractivity contribution in [2.75, 3.05) is 13.7 Å². The zero-order chi connectivity index (χ0) is 11.2. The van der Waals surface area contributed by atoms with E-state index in [9.17, 15) is 4.79 Å². The molecule has 0 aromatic heterocycles. The van der Waals surface area contributed by atoms with Crippen LogP contribution in [0.4, 0.5) is 0 Å². The second kappa shape index (κ2) is 6.11. The fraction of sp³-hybridized carbons (Fsp3) is 0.700. The van der Waals surface area contributed by atoms with E-state index in [2.05, 4.69) is 26.2 Å². The van der Waals surface area contributed by atoms with Crippen LogP contribution in [0.25, 0.3) is 0 Å². The molecule has 82 valence electrons. The first-order valence-corrected chi connectivity index (χ1v) is 8.11. The van der Waals surface area contributed by atoms with Crippen LogP contribution in [0.3, 0.4) is 0 Å². The number of carbonyl (C=O) groups is 1. The Kier molecular flexibility index (Phi) is 5.91. The van der Waals surface area contributed by atoms with Crippen molar-refractivity contribution in [3.63, 3.8) is 0 Å². The van der Waals surface area contributed by atoms with Gasteiger partial charge in [-0.15, -0.1) is 6.58 Å². The molecule has 3 nitrogen and oxygen atoms in total. The van der Waals surface area contributed by atoms with E-state index >= 15 is 0 Å². The highest BCUT2D eigenvalue weighted by Crippen LogP contribution is 2.11. The van der Waals surface area contributed by atoms with Gasteiger partial charge in [-0.2, -0.15) is 0 Å². The predicted molar refractivity (Wildman–Crippen MR) is 59.9 cm³/mol. The summed E-state index contributed by atoms with van der Waals surface area (Å²) in [5, 5.41) is 0. The quantitative estimate of drug-likeness (QED) is 0.482. The van der Waals surface area contributed by atoms with Crippen molar-refractivity contribution < 1.29 is 14.0 Å². The molecule has 0 N–H and O–H groups in total. The lowest BCUT2D eigenvalue weighted by molar-refractivity contribution is -0.123. The van der Waals surface area contributed by atoms with Gasteiger partial charge >= 0.3 is 0 Å². The number of methoxy groups -OCH3 is 1. The molecule has 0 fully saturated rings. The lowest BCUT2D eigenvalue weighted by atomic mass is 10.2. The smallest absolute Gasteiger partial charge is 0.184 e. The number of hydrogen-bond acceptors (Lipinski definition) is 3. The zero-order valence-electron chi connectivity index (χ0n) is 9.50. The van der Waals surface area contributed by atoms with Crippen molar-refractivity contribution in [2.45, 2.75) is 32.2 Å². The normalized spacial score (nSPS) is 13.7. The van der Waals surface area contributed by atoms with Crippen LogP contribution in [0.15, 0.2) is 12.7 Å². The van der Waals surface area contributed by atoms with Gasteiger partial charge in [-0.25, -0.2) is 0 Å². The fourth-order valence-corrected chi connectivity index (χ4v) is 2.16. The third kappa shape index (κ3) is 7.00. The van der Waals surface area contributed by atoms with Crippen LogP contribution < -0.4 is 0 Å². The zero-order valence-corrected chi connectivity index (χ0v) is 10.5. The molecule has 0 spiro atoms. The minimum Gasteiger partial charge on any atom is -0.411 e. The summed E-state index contributed by atoms with van der Waals surface area (Å²) in [6, 6.07) is 0. The Morgan fingerprint density at radius 1 is 1.50 bits per heavy atom. The molecule has 0 saturated carbocycles. The van der Waals surface area contributed by atoms with E-state index in [-0.39, 0.29) is 18.5 Å². The molecule has 0 saturated heterocycles. The average molecular weight is 216 g/mol. The molecule has 0 amide bonds. The average Bonchev–Trinajstić information content (AvgIpc) is 2.01. The fourth-order valence-electron chi connectivity index (χ4n) is 1.07. The number of Topliss-reactive ketones (excluding diaryl/α,β-unsaturated/α-hetero) is 1. The van der Waals surface area contributed by atoms with Crippen LogP contribution in [-0.4, -0.2) is 33.9 Å². The van der Waals surface area contributed by atoms with Gasteiger partial charge in [-0.3, -0.25) is 4.79 Å². The molecule has 0 radical (unpaired) electrons. The molecule has 0 aliphatic heterocycles. The first kappa shape index (κ1) is 13.5. The Hall–Kier alpha value is -0.453. The van der Waals surface area contributed by atoms with E-state index < -0.39 is 8.32 Å². The number of ketones is 1. The molecular weight excluding hydrogens is 196 g/mol. The molecule has 1 unspecified atom stereocenters. The maximum absolute atomic E-state index is 11.3. The van der Waals surface area contributed by atoms with Crippen molar-refractivity contribution in [1.82, 2.24) is 0 Å². The standard InChI is InChI=1S/C10H20O3Si/c1-6-10(13-14(3,4)5)7-9(11)8-12-2/h6,10H,1,7-8H2,2-5H3.